The highest BCUT2D eigenvalue weighted by molar-refractivity contribution is 6.05. The van der Waals surface area contributed by atoms with Crippen LogP contribution in [0, 0.1) is 17.8 Å². The fourth-order valence-electron chi connectivity index (χ4n) is 2.96. The van der Waals surface area contributed by atoms with Gasteiger partial charge in [-0.15, -0.1) is 0 Å². The first kappa shape index (κ1) is 13.1. The zero-order valence-electron chi connectivity index (χ0n) is 10.6. The van der Waals surface area contributed by atoms with E-state index in [0.717, 1.165) is 19.3 Å². The Balaban J connectivity index is 1.85. The smallest absolute Gasteiger partial charge is 0.306 e. The van der Waals surface area contributed by atoms with Gasteiger partial charge in [0.1, 0.15) is 0 Å². The van der Waals surface area contributed by atoms with Gasteiger partial charge in [0.25, 0.3) is 0 Å². The van der Waals surface area contributed by atoms with E-state index in [0.29, 0.717) is 19.4 Å². The SMILES string of the molecule is CC(CCCN1C(=O)C2CCCC2C1=O)C(=O)O. The normalized spacial score (nSPS) is 28.6. The molecule has 3 unspecified atom stereocenters. The molecule has 2 rings (SSSR count). The van der Waals surface area contributed by atoms with Crippen molar-refractivity contribution in [3.05, 3.63) is 0 Å². The van der Waals surface area contributed by atoms with Crippen LogP contribution in [0.2, 0.25) is 0 Å². The molecule has 0 bridgehead atoms. The third kappa shape index (κ3) is 2.26. The predicted octanol–water partition coefficient (Wildman–Crippen LogP) is 1.27. The number of carboxylic acid groups (broad SMARTS) is 1. The molecule has 1 saturated carbocycles. The monoisotopic (exact) mass is 253 g/mol. The maximum Gasteiger partial charge on any atom is 0.306 e. The summed E-state index contributed by atoms with van der Waals surface area (Å²) in [5, 5.41) is 8.76. The number of carboxylic acids is 1. The quantitative estimate of drug-likeness (QED) is 0.749. The number of hydrogen-bond donors (Lipinski definition) is 1. The highest BCUT2D eigenvalue weighted by Gasteiger charge is 2.49. The van der Waals surface area contributed by atoms with E-state index in [2.05, 4.69) is 0 Å². The van der Waals surface area contributed by atoms with Crippen molar-refractivity contribution in [1.82, 2.24) is 4.90 Å². The lowest BCUT2D eigenvalue weighted by Crippen LogP contribution is -2.33. The minimum absolute atomic E-state index is 0.0366. The Bertz CT molecular complexity index is 357. The second-order valence-corrected chi connectivity index (χ2v) is 5.35. The summed E-state index contributed by atoms with van der Waals surface area (Å²) in [7, 11) is 0. The molecule has 1 aliphatic carbocycles. The fraction of sp³-hybridized carbons (Fsp3) is 0.769. The van der Waals surface area contributed by atoms with E-state index < -0.39 is 11.9 Å². The predicted molar refractivity (Wildman–Crippen MR) is 63.6 cm³/mol. The molecule has 5 heteroatoms. The molecule has 100 valence electrons. The van der Waals surface area contributed by atoms with Crippen molar-refractivity contribution in [3.63, 3.8) is 0 Å². The standard InChI is InChI=1S/C13H19NO4/c1-8(13(17)18)4-3-7-14-11(15)9-5-2-6-10(9)12(14)16/h8-10H,2-7H2,1H3,(H,17,18). The average Bonchev–Trinajstić information content (AvgIpc) is 2.88. The van der Waals surface area contributed by atoms with Crippen LogP contribution in [0.15, 0.2) is 0 Å². The Morgan fingerprint density at radius 2 is 1.89 bits per heavy atom. The van der Waals surface area contributed by atoms with E-state index in [1.54, 1.807) is 6.92 Å². The molecule has 0 aromatic heterocycles. The molecule has 3 atom stereocenters. The van der Waals surface area contributed by atoms with E-state index in [1.165, 1.54) is 4.90 Å². The number of amides is 2. The molecule has 1 saturated heterocycles. The Morgan fingerprint density at radius 3 is 2.39 bits per heavy atom. The van der Waals surface area contributed by atoms with Gasteiger partial charge < -0.3 is 5.11 Å². The van der Waals surface area contributed by atoms with Crippen molar-refractivity contribution in [3.8, 4) is 0 Å². The molecule has 1 aliphatic heterocycles. The molecule has 18 heavy (non-hydrogen) atoms. The Labute approximate surface area is 106 Å². The Hall–Kier alpha value is -1.39. The zero-order chi connectivity index (χ0) is 13.3. The van der Waals surface area contributed by atoms with Crippen molar-refractivity contribution in [2.24, 2.45) is 17.8 Å². The topological polar surface area (TPSA) is 74.7 Å². The number of nitrogens with zero attached hydrogens (tertiary/aromatic N) is 1. The van der Waals surface area contributed by atoms with E-state index in [9.17, 15) is 14.4 Å². The van der Waals surface area contributed by atoms with Crippen LogP contribution in [-0.4, -0.2) is 34.3 Å². The van der Waals surface area contributed by atoms with Crippen molar-refractivity contribution in [1.29, 1.82) is 0 Å². The maximum atomic E-state index is 12.0. The van der Waals surface area contributed by atoms with Crippen molar-refractivity contribution in [2.75, 3.05) is 6.54 Å². The summed E-state index contributed by atoms with van der Waals surface area (Å²) in [5.74, 6) is -1.50. The lowest BCUT2D eigenvalue weighted by atomic mass is 10.00. The van der Waals surface area contributed by atoms with Crippen LogP contribution in [0.1, 0.15) is 39.0 Å². The third-order valence-corrected chi connectivity index (χ3v) is 4.12. The van der Waals surface area contributed by atoms with Gasteiger partial charge in [0, 0.05) is 6.54 Å². The molecule has 1 heterocycles. The Kier molecular flexibility index (Phi) is 3.68. The van der Waals surface area contributed by atoms with E-state index >= 15 is 0 Å². The summed E-state index contributed by atoms with van der Waals surface area (Å²) in [6.45, 7) is 2.02. The molecule has 0 radical (unpaired) electrons. The number of carbonyl (C=O) groups is 3. The molecule has 0 aromatic rings. The van der Waals surface area contributed by atoms with Gasteiger partial charge in [0.2, 0.25) is 11.8 Å². The summed E-state index contributed by atoms with van der Waals surface area (Å²) < 4.78 is 0. The maximum absolute atomic E-state index is 12.0. The second-order valence-electron chi connectivity index (χ2n) is 5.35. The highest BCUT2D eigenvalue weighted by Crippen LogP contribution is 2.39. The molecule has 2 fully saturated rings. The van der Waals surface area contributed by atoms with Gasteiger partial charge in [0.15, 0.2) is 0 Å². The molecule has 2 aliphatic rings. The average molecular weight is 253 g/mol. The number of fused-ring (bicyclic) bond motifs is 1. The Morgan fingerprint density at radius 1 is 1.33 bits per heavy atom. The van der Waals surface area contributed by atoms with Crippen LogP contribution in [0.5, 0.6) is 0 Å². The largest absolute Gasteiger partial charge is 0.481 e. The van der Waals surface area contributed by atoms with Crippen molar-refractivity contribution < 1.29 is 19.5 Å². The summed E-state index contributed by atoms with van der Waals surface area (Å²) in [5.41, 5.74) is 0. The third-order valence-electron chi connectivity index (χ3n) is 4.12. The number of likely N-dealkylation sites (tertiary alicyclic amines) is 1. The first-order chi connectivity index (χ1) is 8.52. The van der Waals surface area contributed by atoms with Gasteiger partial charge in [-0.3, -0.25) is 19.3 Å². The summed E-state index contributed by atoms with van der Waals surface area (Å²) in [6, 6.07) is 0. The molecular weight excluding hydrogens is 234 g/mol. The molecule has 2 amide bonds. The van der Waals surface area contributed by atoms with E-state index in [1.807, 2.05) is 0 Å². The van der Waals surface area contributed by atoms with Gasteiger partial charge in [0.05, 0.1) is 17.8 Å². The zero-order valence-corrected chi connectivity index (χ0v) is 10.6. The van der Waals surface area contributed by atoms with Crippen molar-refractivity contribution >= 4 is 17.8 Å². The molecule has 0 aromatic carbocycles. The van der Waals surface area contributed by atoms with Gasteiger partial charge in [-0.2, -0.15) is 0 Å². The number of hydrogen-bond acceptors (Lipinski definition) is 3. The van der Waals surface area contributed by atoms with Crippen LogP contribution in [0.25, 0.3) is 0 Å². The van der Waals surface area contributed by atoms with Gasteiger partial charge in [-0.05, 0) is 25.7 Å². The van der Waals surface area contributed by atoms with Crippen LogP contribution in [0.4, 0.5) is 0 Å². The first-order valence-electron chi connectivity index (χ1n) is 6.60. The van der Waals surface area contributed by atoms with Crippen LogP contribution in [0.3, 0.4) is 0 Å². The molecule has 1 N–H and O–H groups in total. The minimum atomic E-state index is -0.828. The molecule has 0 spiro atoms. The number of rotatable bonds is 5. The number of carbonyl (C=O) groups excluding carboxylic acids is 2. The fourth-order valence-corrected chi connectivity index (χ4v) is 2.96. The van der Waals surface area contributed by atoms with Crippen LogP contribution >= 0.6 is 0 Å². The van der Waals surface area contributed by atoms with Crippen LogP contribution < -0.4 is 0 Å². The van der Waals surface area contributed by atoms with Gasteiger partial charge >= 0.3 is 5.97 Å². The minimum Gasteiger partial charge on any atom is -0.481 e. The summed E-state index contributed by atoms with van der Waals surface area (Å²) in [4.78, 5) is 36.0. The number of aliphatic carboxylic acids is 1. The highest BCUT2D eigenvalue weighted by atomic mass is 16.4. The number of imide groups is 1. The second kappa shape index (κ2) is 5.08. The van der Waals surface area contributed by atoms with Gasteiger partial charge in [-0.1, -0.05) is 13.3 Å². The summed E-state index contributed by atoms with van der Waals surface area (Å²) >= 11 is 0. The first-order valence-corrected chi connectivity index (χ1v) is 6.60. The summed E-state index contributed by atoms with van der Waals surface area (Å²) in [6.07, 6.45) is 3.71. The van der Waals surface area contributed by atoms with Gasteiger partial charge in [-0.25, -0.2) is 0 Å². The molecule has 5 nitrogen and oxygen atoms in total. The molecular formula is C13H19NO4. The lowest BCUT2D eigenvalue weighted by Gasteiger charge is -2.16. The lowest BCUT2D eigenvalue weighted by molar-refractivity contribution is -0.141. The van der Waals surface area contributed by atoms with Crippen molar-refractivity contribution in [2.45, 2.75) is 39.0 Å². The van der Waals surface area contributed by atoms with E-state index in [-0.39, 0.29) is 23.7 Å². The van der Waals surface area contributed by atoms with E-state index in [4.69, 9.17) is 5.11 Å². The van der Waals surface area contributed by atoms with Crippen LogP contribution in [-0.2, 0) is 14.4 Å².